The zero-order chi connectivity index (χ0) is 10.8. The van der Waals surface area contributed by atoms with Gasteiger partial charge >= 0.3 is 0 Å². The Bertz CT molecular complexity index is 368. The highest BCUT2D eigenvalue weighted by atomic mass is 19.1. The van der Waals surface area contributed by atoms with Crippen molar-refractivity contribution in [3.8, 4) is 0 Å². The van der Waals surface area contributed by atoms with Crippen LogP contribution in [0, 0.1) is 18.7 Å². The Balaban J connectivity index is 2.06. The number of rotatable bonds is 2. The third kappa shape index (κ3) is 2.33. The molecule has 0 aliphatic carbocycles. The van der Waals surface area contributed by atoms with Crippen LogP contribution in [0.2, 0.25) is 0 Å². The van der Waals surface area contributed by atoms with E-state index in [-0.39, 0.29) is 17.6 Å². The first-order valence-electron chi connectivity index (χ1n) is 4.94. The zero-order valence-corrected chi connectivity index (χ0v) is 8.51. The van der Waals surface area contributed by atoms with Crippen LogP contribution in [0.5, 0.6) is 0 Å². The minimum absolute atomic E-state index is 0.0218. The minimum atomic E-state index is -0.322. The molecular formula is C11H13FN2O. The summed E-state index contributed by atoms with van der Waals surface area (Å²) in [7, 11) is 0. The van der Waals surface area contributed by atoms with Crippen molar-refractivity contribution in [2.24, 2.45) is 5.92 Å². The van der Waals surface area contributed by atoms with Crippen LogP contribution in [0.15, 0.2) is 18.2 Å². The Labute approximate surface area is 87.7 Å². The van der Waals surface area contributed by atoms with Gasteiger partial charge < -0.3 is 10.6 Å². The highest BCUT2D eigenvalue weighted by Gasteiger charge is 2.24. The molecule has 0 bridgehead atoms. The van der Waals surface area contributed by atoms with Crippen molar-refractivity contribution in [1.29, 1.82) is 0 Å². The van der Waals surface area contributed by atoms with Gasteiger partial charge in [-0.05, 0) is 30.7 Å². The highest BCUT2D eigenvalue weighted by molar-refractivity contribution is 5.93. The van der Waals surface area contributed by atoms with Crippen LogP contribution in [0.3, 0.4) is 0 Å². The van der Waals surface area contributed by atoms with Crippen molar-refractivity contribution < 1.29 is 9.18 Å². The number of carbonyl (C=O) groups is 1. The summed E-state index contributed by atoms with van der Waals surface area (Å²) in [6.45, 7) is 3.21. The first kappa shape index (κ1) is 10.1. The molecule has 0 radical (unpaired) electrons. The molecule has 0 spiro atoms. The SMILES string of the molecule is Cc1cc(F)cc(NC(=O)C2CNC2)c1. The predicted molar refractivity (Wildman–Crippen MR) is 56.1 cm³/mol. The van der Waals surface area contributed by atoms with Crippen LogP contribution in [-0.4, -0.2) is 19.0 Å². The average molecular weight is 208 g/mol. The summed E-state index contributed by atoms with van der Waals surface area (Å²) in [4.78, 5) is 11.5. The maximum Gasteiger partial charge on any atom is 0.230 e. The number of hydrogen-bond donors (Lipinski definition) is 2. The van der Waals surface area contributed by atoms with Crippen LogP contribution < -0.4 is 10.6 Å². The molecule has 1 heterocycles. The Morgan fingerprint density at radius 3 is 2.73 bits per heavy atom. The van der Waals surface area contributed by atoms with Crippen LogP contribution in [-0.2, 0) is 4.79 Å². The van der Waals surface area contributed by atoms with Gasteiger partial charge in [0.05, 0.1) is 5.92 Å². The van der Waals surface area contributed by atoms with Gasteiger partial charge in [-0.2, -0.15) is 0 Å². The molecule has 1 amide bonds. The number of carbonyl (C=O) groups excluding carboxylic acids is 1. The number of nitrogens with one attached hydrogen (secondary N) is 2. The highest BCUT2D eigenvalue weighted by Crippen LogP contribution is 2.15. The van der Waals surface area contributed by atoms with Crippen molar-refractivity contribution >= 4 is 11.6 Å². The average Bonchev–Trinajstić information content (AvgIpc) is 1.96. The summed E-state index contributed by atoms with van der Waals surface area (Å²) >= 11 is 0. The van der Waals surface area contributed by atoms with Crippen molar-refractivity contribution in [1.82, 2.24) is 5.32 Å². The molecule has 2 rings (SSSR count). The van der Waals surface area contributed by atoms with Gasteiger partial charge in [0.2, 0.25) is 5.91 Å². The maximum absolute atomic E-state index is 13.0. The molecule has 1 saturated heterocycles. The molecule has 0 atom stereocenters. The Kier molecular flexibility index (Phi) is 2.68. The quantitative estimate of drug-likeness (QED) is 0.769. The van der Waals surface area contributed by atoms with E-state index in [1.165, 1.54) is 12.1 Å². The van der Waals surface area contributed by atoms with Gasteiger partial charge in [-0.15, -0.1) is 0 Å². The van der Waals surface area contributed by atoms with E-state index in [1.54, 1.807) is 13.0 Å². The van der Waals surface area contributed by atoms with E-state index in [0.717, 1.165) is 5.56 Å². The van der Waals surface area contributed by atoms with E-state index < -0.39 is 0 Å². The van der Waals surface area contributed by atoms with Crippen LogP contribution >= 0.6 is 0 Å². The van der Waals surface area contributed by atoms with Gasteiger partial charge in [-0.25, -0.2) is 4.39 Å². The van der Waals surface area contributed by atoms with Gasteiger partial charge in [-0.3, -0.25) is 4.79 Å². The molecule has 1 aliphatic rings. The van der Waals surface area contributed by atoms with Crippen molar-refractivity contribution in [2.45, 2.75) is 6.92 Å². The van der Waals surface area contributed by atoms with Gasteiger partial charge in [-0.1, -0.05) is 0 Å². The minimum Gasteiger partial charge on any atom is -0.326 e. The van der Waals surface area contributed by atoms with Crippen molar-refractivity contribution in [2.75, 3.05) is 18.4 Å². The van der Waals surface area contributed by atoms with Gasteiger partial charge in [0.1, 0.15) is 5.82 Å². The largest absolute Gasteiger partial charge is 0.326 e. The maximum atomic E-state index is 13.0. The van der Waals surface area contributed by atoms with E-state index in [2.05, 4.69) is 10.6 Å². The Morgan fingerprint density at radius 1 is 1.47 bits per heavy atom. The molecule has 3 nitrogen and oxygen atoms in total. The third-order valence-electron chi connectivity index (χ3n) is 2.46. The van der Waals surface area contributed by atoms with Crippen LogP contribution in [0.4, 0.5) is 10.1 Å². The molecule has 15 heavy (non-hydrogen) atoms. The number of benzene rings is 1. The molecule has 0 aromatic heterocycles. The van der Waals surface area contributed by atoms with Crippen molar-refractivity contribution in [3.05, 3.63) is 29.6 Å². The van der Waals surface area contributed by atoms with Gasteiger partial charge in [0.25, 0.3) is 0 Å². The zero-order valence-electron chi connectivity index (χ0n) is 8.51. The summed E-state index contributed by atoms with van der Waals surface area (Å²) in [5.74, 6) is -0.343. The van der Waals surface area contributed by atoms with E-state index in [1.807, 2.05) is 0 Å². The molecular weight excluding hydrogens is 195 g/mol. The summed E-state index contributed by atoms with van der Waals surface area (Å²) in [6, 6.07) is 4.52. The predicted octanol–water partition coefficient (Wildman–Crippen LogP) is 1.29. The van der Waals surface area contributed by atoms with E-state index in [4.69, 9.17) is 0 Å². The number of aryl methyl sites for hydroxylation is 1. The number of anilines is 1. The van der Waals surface area contributed by atoms with Crippen LogP contribution in [0.1, 0.15) is 5.56 Å². The molecule has 1 fully saturated rings. The lowest BCUT2D eigenvalue weighted by molar-refractivity contribution is -0.121. The molecule has 1 aliphatic heterocycles. The first-order chi connectivity index (χ1) is 7.15. The molecule has 1 aromatic carbocycles. The number of halogens is 1. The topological polar surface area (TPSA) is 41.1 Å². The molecule has 2 N–H and O–H groups in total. The standard InChI is InChI=1S/C11H13FN2O/c1-7-2-9(12)4-10(3-7)14-11(15)8-5-13-6-8/h2-4,8,13H,5-6H2,1H3,(H,14,15). The second-order valence-electron chi connectivity index (χ2n) is 3.86. The lowest BCUT2D eigenvalue weighted by atomic mass is 10.0. The number of amides is 1. The molecule has 1 aromatic rings. The molecule has 0 unspecified atom stereocenters. The monoisotopic (exact) mass is 208 g/mol. The van der Waals surface area contributed by atoms with Gasteiger partial charge in [0, 0.05) is 18.8 Å². The fourth-order valence-corrected chi connectivity index (χ4v) is 1.53. The fraction of sp³-hybridized carbons (Fsp3) is 0.364. The second kappa shape index (κ2) is 3.98. The smallest absolute Gasteiger partial charge is 0.230 e. The number of hydrogen-bond acceptors (Lipinski definition) is 2. The summed E-state index contributed by atoms with van der Waals surface area (Å²) in [6.07, 6.45) is 0. The summed E-state index contributed by atoms with van der Waals surface area (Å²) in [5, 5.41) is 5.72. The van der Waals surface area contributed by atoms with E-state index in [9.17, 15) is 9.18 Å². The molecule has 4 heteroatoms. The van der Waals surface area contributed by atoms with Gasteiger partial charge in [0.15, 0.2) is 0 Å². The Hall–Kier alpha value is -1.42. The van der Waals surface area contributed by atoms with Crippen molar-refractivity contribution in [3.63, 3.8) is 0 Å². The van der Waals surface area contributed by atoms with Crippen LogP contribution in [0.25, 0.3) is 0 Å². The lowest BCUT2D eigenvalue weighted by Crippen LogP contribution is -2.48. The summed E-state index contributed by atoms with van der Waals surface area (Å²) in [5.41, 5.74) is 1.33. The molecule has 80 valence electrons. The van der Waals surface area contributed by atoms with E-state index >= 15 is 0 Å². The second-order valence-corrected chi connectivity index (χ2v) is 3.86. The Morgan fingerprint density at radius 2 is 2.20 bits per heavy atom. The fourth-order valence-electron chi connectivity index (χ4n) is 1.53. The first-order valence-corrected chi connectivity index (χ1v) is 4.94. The van der Waals surface area contributed by atoms with E-state index in [0.29, 0.717) is 18.8 Å². The summed E-state index contributed by atoms with van der Waals surface area (Å²) < 4.78 is 13.0. The molecule has 0 saturated carbocycles. The lowest BCUT2D eigenvalue weighted by Gasteiger charge is -2.25. The third-order valence-corrected chi connectivity index (χ3v) is 2.46. The normalized spacial score (nSPS) is 15.9.